The van der Waals surface area contributed by atoms with Crippen LogP contribution in [0.1, 0.15) is 0 Å². The Morgan fingerprint density at radius 1 is 1.14 bits per heavy atom. The van der Waals surface area contributed by atoms with Crippen LogP contribution < -0.4 is 15.4 Å². The summed E-state index contributed by atoms with van der Waals surface area (Å²) in [5, 5.41) is 5.89. The van der Waals surface area contributed by atoms with Crippen molar-refractivity contribution in [3.63, 3.8) is 0 Å². The molecular formula is C15H14Br2N2O2. The number of ether oxygens (including phenoxy) is 1. The zero-order chi connectivity index (χ0) is 15.2. The van der Waals surface area contributed by atoms with Gasteiger partial charge < -0.3 is 15.4 Å². The molecule has 1 amide bonds. The predicted octanol–water partition coefficient (Wildman–Crippen LogP) is 4.27. The lowest BCUT2D eigenvalue weighted by atomic mass is 10.3. The van der Waals surface area contributed by atoms with E-state index in [0.29, 0.717) is 0 Å². The summed E-state index contributed by atoms with van der Waals surface area (Å²) in [4.78, 5) is 11.9. The summed E-state index contributed by atoms with van der Waals surface area (Å²) < 4.78 is 7.00. The van der Waals surface area contributed by atoms with E-state index in [1.165, 1.54) is 0 Å². The standard InChI is InChI=1S/C15H14Br2N2O2/c1-21-12-6-7-13(17)14(8-12)18-9-15(20)19-11-4-2-10(16)3-5-11/h2-8,18H,9H2,1H3,(H,19,20). The second-order valence-electron chi connectivity index (χ2n) is 4.25. The van der Waals surface area contributed by atoms with E-state index in [4.69, 9.17) is 4.74 Å². The molecule has 21 heavy (non-hydrogen) atoms. The van der Waals surface area contributed by atoms with Gasteiger partial charge in [0, 0.05) is 20.7 Å². The quantitative estimate of drug-likeness (QED) is 0.769. The van der Waals surface area contributed by atoms with Crippen LogP contribution in [0.25, 0.3) is 0 Å². The van der Waals surface area contributed by atoms with E-state index in [0.717, 1.165) is 26.1 Å². The molecule has 0 heterocycles. The van der Waals surface area contributed by atoms with Gasteiger partial charge in [-0.05, 0) is 52.3 Å². The Balaban J connectivity index is 1.93. The highest BCUT2D eigenvalue weighted by molar-refractivity contribution is 9.10. The molecule has 0 fully saturated rings. The van der Waals surface area contributed by atoms with Gasteiger partial charge in [-0.15, -0.1) is 0 Å². The number of methoxy groups -OCH3 is 1. The molecule has 0 unspecified atom stereocenters. The monoisotopic (exact) mass is 412 g/mol. The number of anilines is 2. The first-order valence-corrected chi connectivity index (χ1v) is 7.80. The fraction of sp³-hybridized carbons (Fsp3) is 0.133. The Bertz CT molecular complexity index is 630. The second kappa shape index (κ2) is 7.47. The third kappa shape index (κ3) is 4.75. The normalized spacial score (nSPS) is 10.0. The third-order valence-corrected chi connectivity index (χ3v) is 3.96. The number of benzene rings is 2. The first kappa shape index (κ1) is 15.9. The summed E-state index contributed by atoms with van der Waals surface area (Å²) in [7, 11) is 1.60. The van der Waals surface area contributed by atoms with Gasteiger partial charge in [0.05, 0.1) is 19.3 Å². The van der Waals surface area contributed by atoms with Crippen molar-refractivity contribution in [3.05, 3.63) is 51.4 Å². The van der Waals surface area contributed by atoms with Crippen molar-refractivity contribution in [1.82, 2.24) is 0 Å². The molecule has 4 nitrogen and oxygen atoms in total. The summed E-state index contributed by atoms with van der Waals surface area (Å²) in [6.45, 7) is 0.168. The summed E-state index contributed by atoms with van der Waals surface area (Å²) in [6.07, 6.45) is 0. The fourth-order valence-electron chi connectivity index (χ4n) is 1.68. The smallest absolute Gasteiger partial charge is 0.243 e. The highest BCUT2D eigenvalue weighted by atomic mass is 79.9. The number of hydrogen-bond donors (Lipinski definition) is 2. The Hall–Kier alpha value is -1.53. The topological polar surface area (TPSA) is 50.4 Å². The van der Waals surface area contributed by atoms with Gasteiger partial charge in [0.1, 0.15) is 5.75 Å². The highest BCUT2D eigenvalue weighted by Crippen LogP contribution is 2.26. The average molecular weight is 414 g/mol. The lowest BCUT2D eigenvalue weighted by molar-refractivity contribution is -0.114. The van der Waals surface area contributed by atoms with Crippen LogP contribution in [0.2, 0.25) is 0 Å². The summed E-state index contributed by atoms with van der Waals surface area (Å²) in [5.74, 6) is 0.612. The highest BCUT2D eigenvalue weighted by Gasteiger charge is 2.05. The molecule has 2 rings (SSSR count). The minimum absolute atomic E-state index is 0.118. The van der Waals surface area contributed by atoms with Crippen LogP contribution in [0.4, 0.5) is 11.4 Å². The van der Waals surface area contributed by atoms with Gasteiger partial charge in [-0.1, -0.05) is 15.9 Å². The Kier molecular flexibility index (Phi) is 5.64. The van der Waals surface area contributed by atoms with Crippen LogP contribution >= 0.6 is 31.9 Å². The Morgan fingerprint density at radius 2 is 1.86 bits per heavy atom. The van der Waals surface area contributed by atoms with Crippen molar-refractivity contribution in [2.45, 2.75) is 0 Å². The minimum atomic E-state index is -0.118. The number of halogens is 2. The van der Waals surface area contributed by atoms with Crippen molar-refractivity contribution >= 4 is 49.1 Å². The fourth-order valence-corrected chi connectivity index (χ4v) is 2.33. The van der Waals surface area contributed by atoms with Gasteiger partial charge in [-0.2, -0.15) is 0 Å². The molecule has 0 aromatic heterocycles. The molecule has 110 valence electrons. The number of carbonyl (C=O) groups is 1. The molecule has 0 aliphatic rings. The van der Waals surface area contributed by atoms with E-state index < -0.39 is 0 Å². The van der Waals surface area contributed by atoms with Gasteiger partial charge in [0.15, 0.2) is 0 Å². The molecule has 0 radical (unpaired) electrons. The Labute approximate surface area is 140 Å². The second-order valence-corrected chi connectivity index (χ2v) is 6.02. The molecule has 0 aliphatic carbocycles. The van der Waals surface area contributed by atoms with Gasteiger partial charge in [0.25, 0.3) is 0 Å². The van der Waals surface area contributed by atoms with E-state index in [-0.39, 0.29) is 12.5 Å². The minimum Gasteiger partial charge on any atom is -0.497 e. The van der Waals surface area contributed by atoms with Crippen LogP contribution in [0.5, 0.6) is 5.75 Å². The van der Waals surface area contributed by atoms with E-state index in [2.05, 4.69) is 42.5 Å². The van der Waals surface area contributed by atoms with Gasteiger partial charge in [0.2, 0.25) is 5.91 Å². The van der Waals surface area contributed by atoms with Crippen LogP contribution in [-0.2, 0) is 4.79 Å². The van der Waals surface area contributed by atoms with Crippen LogP contribution in [0.15, 0.2) is 51.4 Å². The third-order valence-electron chi connectivity index (χ3n) is 2.74. The van der Waals surface area contributed by atoms with Crippen molar-refractivity contribution < 1.29 is 9.53 Å². The van der Waals surface area contributed by atoms with Gasteiger partial charge in [-0.3, -0.25) is 4.79 Å². The van der Waals surface area contributed by atoms with E-state index >= 15 is 0 Å². The summed E-state index contributed by atoms with van der Waals surface area (Å²) in [6, 6.07) is 13.0. The van der Waals surface area contributed by atoms with Crippen molar-refractivity contribution in [3.8, 4) is 5.75 Å². The molecule has 2 aromatic rings. The summed E-state index contributed by atoms with van der Waals surface area (Å²) in [5.41, 5.74) is 1.56. The number of rotatable bonds is 5. The molecule has 6 heteroatoms. The van der Waals surface area contributed by atoms with Gasteiger partial charge >= 0.3 is 0 Å². The first-order chi connectivity index (χ1) is 10.1. The SMILES string of the molecule is COc1ccc(Br)c(NCC(=O)Nc2ccc(Br)cc2)c1. The maximum absolute atomic E-state index is 11.9. The lowest BCUT2D eigenvalue weighted by Crippen LogP contribution is -2.21. The maximum atomic E-state index is 11.9. The van der Waals surface area contributed by atoms with Crippen LogP contribution in [0.3, 0.4) is 0 Å². The van der Waals surface area contributed by atoms with Crippen molar-refractivity contribution in [2.24, 2.45) is 0 Å². The number of hydrogen-bond acceptors (Lipinski definition) is 3. The van der Waals surface area contributed by atoms with E-state index in [1.807, 2.05) is 42.5 Å². The molecular weight excluding hydrogens is 400 g/mol. The maximum Gasteiger partial charge on any atom is 0.243 e. The zero-order valence-corrected chi connectivity index (χ0v) is 14.5. The molecule has 0 aliphatic heterocycles. The number of nitrogens with one attached hydrogen (secondary N) is 2. The van der Waals surface area contributed by atoms with Crippen molar-refractivity contribution in [2.75, 3.05) is 24.3 Å². The van der Waals surface area contributed by atoms with Crippen molar-refractivity contribution in [1.29, 1.82) is 0 Å². The summed E-state index contributed by atoms with van der Waals surface area (Å²) >= 11 is 6.78. The van der Waals surface area contributed by atoms with E-state index in [1.54, 1.807) is 7.11 Å². The van der Waals surface area contributed by atoms with Crippen LogP contribution in [0, 0.1) is 0 Å². The van der Waals surface area contributed by atoms with E-state index in [9.17, 15) is 4.79 Å². The molecule has 0 saturated carbocycles. The molecule has 0 saturated heterocycles. The predicted molar refractivity (Wildman–Crippen MR) is 92.0 cm³/mol. The molecule has 0 atom stereocenters. The number of amides is 1. The van der Waals surface area contributed by atoms with Gasteiger partial charge in [-0.25, -0.2) is 0 Å². The molecule has 0 bridgehead atoms. The largest absolute Gasteiger partial charge is 0.497 e. The zero-order valence-electron chi connectivity index (χ0n) is 11.3. The molecule has 0 spiro atoms. The average Bonchev–Trinajstić information content (AvgIpc) is 2.49. The lowest BCUT2D eigenvalue weighted by Gasteiger charge is -2.10. The first-order valence-electron chi connectivity index (χ1n) is 6.21. The Morgan fingerprint density at radius 3 is 2.52 bits per heavy atom. The number of carbonyl (C=O) groups excluding carboxylic acids is 1. The molecule has 2 aromatic carbocycles. The van der Waals surface area contributed by atoms with Crippen LogP contribution in [-0.4, -0.2) is 19.6 Å². The molecule has 2 N–H and O–H groups in total.